The van der Waals surface area contributed by atoms with Crippen LogP contribution in [0.2, 0.25) is 0 Å². The van der Waals surface area contributed by atoms with Gasteiger partial charge in [-0.05, 0) is 29.3 Å². The topological polar surface area (TPSA) is 75.3 Å². The summed E-state index contributed by atoms with van der Waals surface area (Å²) in [4.78, 5) is 12.1. The summed E-state index contributed by atoms with van der Waals surface area (Å²) in [5, 5.41) is 14.3. The predicted molar refractivity (Wildman–Crippen MR) is 81.6 cm³/mol. The molecule has 2 aromatic rings. The average molecular weight is 272 g/mol. The van der Waals surface area contributed by atoms with Gasteiger partial charge in [-0.1, -0.05) is 37.6 Å². The van der Waals surface area contributed by atoms with Crippen molar-refractivity contribution in [2.75, 3.05) is 12.3 Å². The number of fused-ring (bicyclic) bond motifs is 1. The van der Waals surface area contributed by atoms with Crippen LogP contribution < -0.4 is 11.1 Å². The fourth-order valence-corrected chi connectivity index (χ4v) is 2.20. The Morgan fingerprint density at radius 1 is 1.30 bits per heavy atom. The van der Waals surface area contributed by atoms with E-state index in [0.29, 0.717) is 17.7 Å². The number of nitrogens with one attached hydrogen (secondary N) is 1. The lowest BCUT2D eigenvalue weighted by Crippen LogP contribution is -2.32. The summed E-state index contributed by atoms with van der Waals surface area (Å²) in [7, 11) is 0. The highest BCUT2D eigenvalue weighted by Gasteiger charge is 2.12. The van der Waals surface area contributed by atoms with Gasteiger partial charge in [-0.2, -0.15) is 0 Å². The SMILES string of the molecule is CCCC(O)CNC(=O)c1cc2ccccc2cc1N. The van der Waals surface area contributed by atoms with Crippen molar-refractivity contribution >= 4 is 22.4 Å². The Balaban J connectivity index is 2.15. The first-order chi connectivity index (χ1) is 9.61. The van der Waals surface area contributed by atoms with Crippen molar-refractivity contribution in [3.8, 4) is 0 Å². The molecule has 20 heavy (non-hydrogen) atoms. The molecule has 0 heterocycles. The van der Waals surface area contributed by atoms with E-state index in [2.05, 4.69) is 5.32 Å². The number of aliphatic hydroxyl groups is 1. The van der Waals surface area contributed by atoms with Crippen molar-refractivity contribution in [3.05, 3.63) is 42.0 Å². The van der Waals surface area contributed by atoms with Gasteiger partial charge in [-0.25, -0.2) is 0 Å². The van der Waals surface area contributed by atoms with E-state index in [0.717, 1.165) is 17.2 Å². The van der Waals surface area contributed by atoms with Gasteiger partial charge in [0.05, 0.1) is 11.7 Å². The predicted octanol–water partition coefficient (Wildman–Crippen LogP) is 2.31. The molecule has 0 radical (unpaired) electrons. The van der Waals surface area contributed by atoms with Crippen molar-refractivity contribution in [2.45, 2.75) is 25.9 Å². The van der Waals surface area contributed by atoms with Crippen LogP contribution in [-0.4, -0.2) is 23.7 Å². The molecule has 4 nitrogen and oxygen atoms in total. The quantitative estimate of drug-likeness (QED) is 0.731. The van der Waals surface area contributed by atoms with Crippen molar-refractivity contribution in [1.82, 2.24) is 5.32 Å². The Morgan fingerprint density at radius 3 is 2.60 bits per heavy atom. The molecule has 0 fully saturated rings. The summed E-state index contributed by atoms with van der Waals surface area (Å²) in [5.74, 6) is -0.247. The number of anilines is 1. The normalized spacial score (nSPS) is 12.3. The van der Waals surface area contributed by atoms with Crippen LogP contribution in [0.3, 0.4) is 0 Å². The second kappa shape index (κ2) is 6.39. The first-order valence-electron chi connectivity index (χ1n) is 6.86. The van der Waals surface area contributed by atoms with E-state index < -0.39 is 6.10 Å². The molecule has 0 saturated carbocycles. The zero-order valence-corrected chi connectivity index (χ0v) is 11.6. The fraction of sp³-hybridized carbons (Fsp3) is 0.312. The average Bonchev–Trinajstić information content (AvgIpc) is 2.44. The fourth-order valence-electron chi connectivity index (χ4n) is 2.20. The Bertz CT molecular complexity index is 610. The Hall–Kier alpha value is -2.07. The third-order valence-corrected chi connectivity index (χ3v) is 3.28. The van der Waals surface area contributed by atoms with E-state index in [1.807, 2.05) is 31.2 Å². The number of nitrogen functional groups attached to an aromatic ring is 1. The summed E-state index contributed by atoms with van der Waals surface area (Å²) in [6.07, 6.45) is 1.05. The van der Waals surface area contributed by atoms with E-state index in [-0.39, 0.29) is 12.5 Å². The highest BCUT2D eigenvalue weighted by molar-refractivity contribution is 6.03. The van der Waals surface area contributed by atoms with Gasteiger partial charge in [-0.3, -0.25) is 4.79 Å². The van der Waals surface area contributed by atoms with Crippen LogP contribution in [0.4, 0.5) is 5.69 Å². The van der Waals surface area contributed by atoms with Gasteiger partial charge in [0, 0.05) is 12.2 Å². The number of carbonyl (C=O) groups is 1. The molecule has 0 saturated heterocycles. The van der Waals surface area contributed by atoms with Crippen molar-refractivity contribution in [3.63, 3.8) is 0 Å². The van der Waals surface area contributed by atoms with Crippen LogP contribution in [0, 0.1) is 0 Å². The minimum absolute atomic E-state index is 0.247. The number of hydrogen-bond donors (Lipinski definition) is 3. The van der Waals surface area contributed by atoms with Gasteiger partial charge in [0.25, 0.3) is 5.91 Å². The number of aliphatic hydroxyl groups excluding tert-OH is 1. The smallest absolute Gasteiger partial charge is 0.253 e. The number of amides is 1. The highest BCUT2D eigenvalue weighted by Crippen LogP contribution is 2.21. The third-order valence-electron chi connectivity index (χ3n) is 3.28. The third kappa shape index (κ3) is 3.27. The largest absolute Gasteiger partial charge is 0.398 e. The van der Waals surface area contributed by atoms with Gasteiger partial charge in [0.15, 0.2) is 0 Å². The molecule has 1 amide bonds. The molecule has 4 N–H and O–H groups in total. The lowest BCUT2D eigenvalue weighted by molar-refractivity contribution is 0.0911. The van der Waals surface area contributed by atoms with Crippen LogP contribution in [0.5, 0.6) is 0 Å². The highest BCUT2D eigenvalue weighted by atomic mass is 16.3. The van der Waals surface area contributed by atoms with Crippen LogP contribution in [0.1, 0.15) is 30.1 Å². The zero-order valence-electron chi connectivity index (χ0n) is 11.6. The minimum Gasteiger partial charge on any atom is -0.398 e. The number of carbonyl (C=O) groups excluding carboxylic acids is 1. The van der Waals surface area contributed by atoms with Gasteiger partial charge in [0.1, 0.15) is 0 Å². The van der Waals surface area contributed by atoms with Crippen LogP contribution >= 0.6 is 0 Å². The van der Waals surface area contributed by atoms with E-state index >= 15 is 0 Å². The molecule has 106 valence electrons. The van der Waals surface area contributed by atoms with Crippen molar-refractivity contribution in [1.29, 1.82) is 0 Å². The molecule has 1 atom stereocenters. The number of rotatable bonds is 5. The van der Waals surface area contributed by atoms with E-state index in [1.54, 1.807) is 12.1 Å². The number of benzene rings is 2. The van der Waals surface area contributed by atoms with Gasteiger partial charge < -0.3 is 16.2 Å². The summed E-state index contributed by atoms with van der Waals surface area (Å²) in [6.45, 7) is 2.24. The lowest BCUT2D eigenvalue weighted by atomic mass is 10.0. The molecule has 1 unspecified atom stereocenters. The second-order valence-electron chi connectivity index (χ2n) is 4.94. The molecular weight excluding hydrogens is 252 g/mol. The first kappa shape index (κ1) is 14.3. The standard InChI is InChI=1S/C16H20N2O2/c1-2-5-13(19)10-18-16(20)14-8-11-6-3-4-7-12(11)9-15(14)17/h3-4,6-9,13,19H,2,5,10,17H2,1H3,(H,18,20). The molecule has 2 aromatic carbocycles. The summed E-state index contributed by atoms with van der Waals surface area (Å²) >= 11 is 0. The molecule has 4 heteroatoms. The monoisotopic (exact) mass is 272 g/mol. The van der Waals surface area contributed by atoms with Gasteiger partial charge in [-0.15, -0.1) is 0 Å². The maximum atomic E-state index is 12.1. The first-order valence-corrected chi connectivity index (χ1v) is 6.86. The summed E-state index contributed by atoms with van der Waals surface area (Å²) in [5.41, 5.74) is 6.83. The Kier molecular flexibility index (Phi) is 4.58. The van der Waals surface area contributed by atoms with E-state index in [4.69, 9.17) is 5.73 Å². The lowest BCUT2D eigenvalue weighted by Gasteiger charge is -2.12. The van der Waals surface area contributed by atoms with Crippen molar-refractivity contribution in [2.24, 2.45) is 0 Å². The Labute approximate surface area is 118 Å². The number of nitrogens with two attached hydrogens (primary N) is 1. The van der Waals surface area contributed by atoms with Crippen LogP contribution in [0.25, 0.3) is 10.8 Å². The van der Waals surface area contributed by atoms with Crippen molar-refractivity contribution < 1.29 is 9.90 Å². The molecule has 0 aromatic heterocycles. The number of hydrogen-bond acceptors (Lipinski definition) is 3. The molecule has 2 rings (SSSR count). The minimum atomic E-state index is -0.509. The zero-order chi connectivity index (χ0) is 14.5. The maximum Gasteiger partial charge on any atom is 0.253 e. The van der Waals surface area contributed by atoms with Gasteiger partial charge >= 0.3 is 0 Å². The molecule has 0 bridgehead atoms. The van der Waals surface area contributed by atoms with Gasteiger partial charge in [0.2, 0.25) is 0 Å². The summed E-state index contributed by atoms with van der Waals surface area (Å²) in [6, 6.07) is 11.3. The van der Waals surface area contributed by atoms with Crippen LogP contribution in [0.15, 0.2) is 36.4 Å². The maximum absolute atomic E-state index is 12.1. The second-order valence-corrected chi connectivity index (χ2v) is 4.94. The van der Waals surface area contributed by atoms with E-state index in [1.165, 1.54) is 0 Å². The van der Waals surface area contributed by atoms with Crippen LogP contribution in [-0.2, 0) is 0 Å². The molecule has 0 aliphatic heterocycles. The molecule has 0 spiro atoms. The molecular formula is C16H20N2O2. The van der Waals surface area contributed by atoms with E-state index in [9.17, 15) is 9.90 Å². The Morgan fingerprint density at radius 2 is 1.95 bits per heavy atom. The summed E-state index contributed by atoms with van der Waals surface area (Å²) < 4.78 is 0. The molecule has 0 aliphatic carbocycles. The molecule has 0 aliphatic rings.